The second kappa shape index (κ2) is 8.91. The zero-order chi connectivity index (χ0) is 21.1. The van der Waals surface area contributed by atoms with Crippen LogP contribution in [-0.2, 0) is 28.5 Å². The van der Waals surface area contributed by atoms with Gasteiger partial charge < -0.3 is 14.0 Å². The predicted octanol–water partition coefficient (Wildman–Crippen LogP) is 6.27. The highest BCUT2D eigenvalue weighted by molar-refractivity contribution is 6.74. The van der Waals surface area contributed by atoms with Crippen LogP contribution in [0.2, 0.25) is 36.3 Å². The summed E-state index contributed by atoms with van der Waals surface area (Å²) in [4.78, 5) is 0. The van der Waals surface area contributed by atoms with E-state index in [0.717, 1.165) is 5.56 Å². The molecule has 0 fully saturated rings. The summed E-state index contributed by atoms with van der Waals surface area (Å²) < 4.78 is 13.0. The third-order valence-electron chi connectivity index (χ3n) is 6.46. The maximum absolute atomic E-state index is 9.30. The lowest BCUT2D eigenvalue weighted by molar-refractivity contribution is 0.257. The third-order valence-corrected chi connectivity index (χ3v) is 15.4. The second-order valence-corrected chi connectivity index (χ2v) is 20.3. The molecule has 1 aromatic carbocycles. The fourth-order valence-corrected chi connectivity index (χ4v) is 4.09. The minimum atomic E-state index is -1.82. The Bertz CT molecular complexity index is 611. The molecule has 0 radical (unpaired) electrons. The van der Waals surface area contributed by atoms with Gasteiger partial charge >= 0.3 is 0 Å². The van der Waals surface area contributed by atoms with Crippen LogP contribution in [0.4, 0.5) is 0 Å². The summed E-state index contributed by atoms with van der Waals surface area (Å²) in [7, 11) is -3.62. The second-order valence-electron chi connectivity index (χ2n) is 10.7. The molecule has 0 spiro atoms. The molecule has 0 aliphatic heterocycles. The fraction of sp³-hybridized carbons (Fsp3) is 0.727. The van der Waals surface area contributed by atoms with Crippen molar-refractivity contribution in [2.24, 2.45) is 0 Å². The van der Waals surface area contributed by atoms with Crippen LogP contribution in [0.15, 0.2) is 18.2 Å². The van der Waals surface area contributed by atoms with Crippen molar-refractivity contribution >= 4 is 16.6 Å². The molecule has 0 heterocycles. The van der Waals surface area contributed by atoms with Gasteiger partial charge in [-0.3, -0.25) is 0 Å². The minimum Gasteiger partial charge on any atom is -0.413 e. The topological polar surface area (TPSA) is 38.7 Å². The van der Waals surface area contributed by atoms with Crippen LogP contribution in [-0.4, -0.2) is 28.3 Å². The van der Waals surface area contributed by atoms with Crippen molar-refractivity contribution in [3.8, 4) is 0 Å². The van der Waals surface area contributed by atoms with Crippen LogP contribution in [0.5, 0.6) is 0 Å². The zero-order valence-electron chi connectivity index (χ0n) is 19.3. The molecule has 0 saturated carbocycles. The van der Waals surface area contributed by atoms with E-state index in [2.05, 4.69) is 85.9 Å². The summed E-state index contributed by atoms with van der Waals surface area (Å²) in [6.45, 7) is 24.2. The summed E-state index contributed by atoms with van der Waals surface area (Å²) in [5.41, 5.74) is 3.56. The van der Waals surface area contributed by atoms with E-state index in [9.17, 15) is 5.11 Å². The lowest BCUT2D eigenvalue weighted by Crippen LogP contribution is -2.41. The van der Waals surface area contributed by atoms with Gasteiger partial charge in [0, 0.05) is 6.61 Å². The van der Waals surface area contributed by atoms with E-state index in [1.165, 1.54) is 11.1 Å². The standard InChI is InChI=1S/C22H42O3Si2/c1-21(2,3)26(7,8)24-16-19-12-11-18(13-14-23)15-20(19)17-25-27(9,10)22(4,5)6/h11-12,15,23H,13-14,16-17H2,1-10H3. The molecular formula is C22H42O3Si2. The van der Waals surface area contributed by atoms with Crippen LogP contribution >= 0.6 is 0 Å². The monoisotopic (exact) mass is 410 g/mol. The van der Waals surface area contributed by atoms with Crippen LogP contribution in [0, 0.1) is 0 Å². The molecular weight excluding hydrogens is 368 g/mol. The molecule has 0 unspecified atom stereocenters. The maximum atomic E-state index is 9.30. The van der Waals surface area contributed by atoms with Gasteiger partial charge in [-0.15, -0.1) is 0 Å². The molecule has 0 aliphatic rings. The SMILES string of the molecule is CC(C)(C)[Si](C)(C)OCc1ccc(CCO)cc1CO[Si](C)(C)C(C)(C)C. The maximum Gasteiger partial charge on any atom is 0.192 e. The summed E-state index contributed by atoms with van der Waals surface area (Å²) in [5.74, 6) is 0. The van der Waals surface area contributed by atoms with Gasteiger partial charge in [0.05, 0.1) is 13.2 Å². The van der Waals surface area contributed by atoms with Crippen molar-refractivity contribution in [2.45, 2.75) is 97.4 Å². The van der Waals surface area contributed by atoms with Crippen LogP contribution in [0.25, 0.3) is 0 Å². The van der Waals surface area contributed by atoms with Crippen molar-refractivity contribution in [3.05, 3.63) is 34.9 Å². The Morgan fingerprint density at radius 2 is 1.22 bits per heavy atom. The van der Waals surface area contributed by atoms with Gasteiger partial charge in [0.1, 0.15) is 0 Å². The molecule has 0 amide bonds. The molecule has 1 N–H and O–H groups in total. The normalized spacial score (nSPS) is 13.9. The lowest BCUT2D eigenvalue weighted by Gasteiger charge is -2.37. The molecule has 3 nitrogen and oxygen atoms in total. The molecule has 0 aliphatic carbocycles. The molecule has 0 atom stereocenters. The van der Waals surface area contributed by atoms with Crippen molar-refractivity contribution in [3.63, 3.8) is 0 Å². The quantitative estimate of drug-likeness (QED) is 0.514. The van der Waals surface area contributed by atoms with Crippen molar-refractivity contribution in [1.29, 1.82) is 0 Å². The van der Waals surface area contributed by atoms with E-state index in [0.29, 0.717) is 19.6 Å². The summed E-state index contributed by atoms with van der Waals surface area (Å²) in [6.07, 6.45) is 0.677. The van der Waals surface area contributed by atoms with E-state index < -0.39 is 16.6 Å². The third kappa shape index (κ3) is 6.82. The van der Waals surface area contributed by atoms with E-state index in [-0.39, 0.29) is 16.7 Å². The fourth-order valence-electron chi connectivity index (χ4n) is 2.19. The summed E-state index contributed by atoms with van der Waals surface area (Å²) in [6, 6.07) is 6.45. The Hall–Kier alpha value is -0.466. The Morgan fingerprint density at radius 3 is 1.63 bits per heavy atom. The van der Waals surface area contributed by atoms with Crippen LogP contribution in [0.1, 0.15) is 58.2 Å². The highest BCUT2D eigenvalue weighted by Crippen LogP contribution is 2.38. The molecule has 27 heavy (non-hydrogen) atoms. The van der Waals surface area contributed by atoms with Gasteiger partial charge in [0.25, 0.3) is 0 Å². The van der Waals surface area contributed by atoms with Gasteiger partial charge in [0.15, 0.2) is 16.6 Å². The number of hydrogen-bond acceptors (Lipinski definition) is 3. The zero-order valence-corrected chi connectivity index (χ0v) is 21.3. The smallest absolute Gasteiger partial charge is 0.192 e. The number of hydrogen-bond donors (Lipinski definition) is 1. The number of aliphatic hydroxyl groups excluding tert-OH is 1. The summed E-state index contributed by atoms with van der Waals surface area (Å²) >= 11 is 0. The first kappa shape index (κ1) is 24.6. The largest absolute Gasteiger partial charge is 0.413 e. The van der Waals surface area contributed by atoms with Gasteiger partial charge in [-0.2, -0.15) is 0 Å². The minimum absolute atomic E-state index is 0.169. The molecule has 0 bridgehead atoms. The highest BCUT2D eigenvalue weighted by Gasteiger charge is 2.38. The van der Waals surface area contributed by atoms with E-state index in [1.807, 2.05) is 0 Å². The Morgan fingerprint density at radius 1 is 0.778 bits per heavy atom. The molecule has 156 valence electrons. The van der Waals surface area contributed by atoms with Crippen LogP contribution < -0.4 is 0 Å². The van der Waals surface area contributed by atoms with Gasteiger partial charge in [-0.05, 0) is 59.4 Å². The lowest BCUT2D eigenvalue weighted by atomic mass is 10.0. The number of rotatable bonds is 8. The number of benzene rings is 1. The van der Waals surface area contributed by atoms with E-state index >= 15 is 0 Å². The van der Waals surface area contributed by atoms with E-state index in [1.54, 1.807) is 0 Å². The Labute approximate surface area is 169 Å². The van der Waals surface area contributed by atoms with Gasteiger partial charge in [-0.1, -0.05) is 59.7 Å². The number of aliphatic hydroxyl groups is 1. The Kier molecular flexibility index (Phi) is 8.11. The average Bonchev–Trinajstić information content (AvgIpc) is 2.50. The molecule has 1 rings (SSSR count). The summed E-state index contributed by atoms with van der Waals surface area (Å²) in [5, 5.41) is 9.69. The predicted molar refractivity (Wildman–Crippen MR) is 121 cm³/mol. The average molecular weight is 411 g/mol. The van der Waals surface area contributed by atoms with Crippen molar-refractivity contribution in [1.82, 2.24) is 0 Å². The first-order valence-electron chi connectivity index (χ1n) is 10.1. The Balaban J connectivity index is 3.04. The first-order chi connectivity index (χ1) is 12.1. The van der Waals surface area contributed by atoms with Gasteiger partial charge in [-0.25, -0.2) is 0 Å². The molecule has 0 aromatic heterocycles. The highest BCUT2D eigenvalue weighted by atomic mass is 28.4. The van der Waals surface area contributed by atoms with Crippen molar-refractivity contribution < 1.29 is 14.0 Å². The van der Waals surface area contributed by atoms with Gasteiger partial charge in [0.2, 0.25) is 0 Å². The van der Waals surface area contributed by atoms with Crippen LogP contribution in [0.3, 0.4) is 0 Å². The molecule has 5 heteroatoms. The van der Waals surface area contributed by atoms with E-state index in [4.69, 9.17) is 8.85 Å². The van der Waals surface area contributed by atoms with Crippen molar-refractivity contribution in [2.75, 3.05) is 6.61 Å². The molecule has 0 saturated heterocycles. The molecule has 1 aromatic rings. The first-order valence-corrected chi connectivity index (χ1v) is 15.9.